The van der Waals surface area contributed by atoms with E-state index in [1.807, 2.05) is 0 Å². The van der Waals surface area contributed by atoms with Crippen molar-refractivity contribution < 1.29 is 19.8 Å². The Labute approximate surface area is 91.5 Å². The molecule has 88 valence electrons. The number of carboxylic acid groups (broad SMARTS) is 1. The van der Waals surface area contributed by atoms with Crippen LogP contribution in [-0.2, 0) is 11.2 Å². The molecule has 0 aliphatic rings. The molecule has 0 fully saturated rings. The Morgan fingerprint density at radius 1 is 1.50 bits per heavy atom. The first kappa shape index (κ1) is 12.0. The number of amides is 1. The molecule has 7 nitrogen and oxygen atoms in total. The van der Waals surface area contributed by atoms with Crippen LogP contribution in [0.5, 0.6) is 5.88 Å². The Bertz CT molecular complexity index is 436. The number of imidazole rings is 1. The second kappa shape index (κ2) is 4.21. The fourth-order valence-corrected chi connectivity index (χ4v) is 1.44. The first-order valence-electron chi connectivity index (χ1n) is 4.66. The van der Waals surface area contributed by atoms with E-state index in [-0.39, 0.29) is 24.0 Å². The SMILES string of the molecule is CC(C)n1c(CC(=O)O)nc(C(N)=O)c1O. The number of aromatic hydroxyl groups is 1. The molecule has 1 aromatic rings. The lowest BCUT2D eigenvalue weighted by molar-refractivity contribution is -0.136. The molecule has 0 atom stereocenters. The highest BCUT2D eigenvalue weighted by atomic mass is 16.4. The summed E-state index contributed by atoms with van der Waals surface area (Å²) in [6.45, 7) is 3.47. The number of nitrogens with zero attached hydrogens (tertiary/aromatic N) is 2. The molecular formula is C9H13N3O4. The van der Waals surface area contributed by atoms with Crippen LogP contribution in [0.3, 0.4) is 0 Å². The van der Waals surface area contributed by atoms with Crippen LogP contribution in [0.4, 0.5) is 0 Å². The van der Waals surface area contributed by atoms with E-state index in [0.29, 0.717) is 0 Å². The van der Waals surface area contributed by atoms with Crippen LogP contribution >= 0.6 is 0 Å². The number of carbonyl (C=O) groups excluding carboxylic acids is 1. The van der Waals surface area contributed by atoms with Crippen LogP contribution in [0, 0.1) is 0 Å². The summed E-state index contributed by atoms with van der Waals surface area (Å²) in [7, 11) is 0. The Morgan fingerprint density at radius 3 is 2.44 bits per heavy atom. The lowest BCUT2D eigenvalue weighted by Crippen LogP contribution is -2.12. The van der Waals surface area contributed by atoms with E-state index in [9.17, 15) is 14.7 Å². The summed E-state index contributed by atoms with van der Waals surface area (Å²) in [5.41, 5.74) is 4.70. The van der Waals surface area contributed by atoms with Crippen LogP contribution in [-0.4, -0.2) is 31.6 Å². The summed E-state index contributed by atoms with van der Waals surface area (Å²) >= 11 is 0. The van der Waals surface area contributed by atoms with Crippen molar-refractivity contribution in [3.63, 3.8) is 0 Å². The molecule has 0 aliphatic carbocycles. The summed E-state index contributed by atoms with van der Waals surface area (Å²) in [6, 6.07) is -0.213. The third-order valence-corrected chi connectivity index (χ3v) is 2.02. The van der Waals surface area contributed by atoms with Crippen LogP contribution in [0.2, 0.25) is 0 Å². The molecule has 1 amide bonds. The lowest BCUT2D eigenvalue weighted by Gasteiger charge is -2.11. The fraction of sp³-hybridized carbons (Fsp3) is 0.444. The van der Waals surface area contributed by atoms with E-state index in [1.54, 1.807) is 13.8 Å². The number of nitrogens with two attached hydrogens (primary N) is 1. The summed E-state index contributed by atoms with van der Waals surface area (Å²) in [5.74, 6) is -2.26. The van der Waals surface area contributed by atoms with Crippen molar-refractivity contribution in [3.05, 3.63) is 11.5 Å². The monoisotopic (exact) mass is 227 g/mol. The van der Waals surface area contributed by atoms with Gasteiger partial charge >= 0.3 is 5.97 Å². The van der Waals surface area contributed by atoms with Crippen molar-refractivity contribution in [2.24, 2.45) is 5.73 Å². The minimum atomic E-state index is -1.09. The highest BCUT2D eigenvalue weighted by molar-refractivity contribution is 5.93. The number of aliphatic carboxylic acids is 1. The number of carbonyl (C=O) groups is 2. The van der Waals surface area contributed by atoms with E-state index in [1.165, 1.54) is 4.57 Å². The van der Waals surface area contributed by atoms with Gasteiger partial charge in [0.15, 0.2) is 5.69 Å². The van der Waals surface area contributed by atoms with Gasteiger partial charge in [0.1, 0.15) is 12.2 Å². The molecule has 4 N–H and O–H groups in total. The van der Waals surface area contributed by atoms with Gasteiger partial charge in [-0.25, -0.2) is 4.98 Å². The lowest BCUT2D eigenvalue weighted by atomic mass is 10.3. The first-order valence-corrected chi connectivity index (χ1v) is 4.66. The van der Waals surface area contributed by atoms with Gasteiger partial charge in [0.05, 0.1) is 0 Å². The molecule has 16 heavy (non-hydrogen) atoms. The number of carboxylic acids is 1. The zero-order valence-electron chi connectivity index (χ0n) is 8.97. The highest BCUT2D eigenvalue weighted by Gasteiger charge is 2.22. The number of hydrogen-bond acceptors (Lipinski definition) is 4. The largest absolute Gasteiger partial charge is 0.493 e. The molecule has 0 aliphatic heterocycles. The van der Waals surface area contributed by atoms with Crippen molar-refractivity contribution in [3.8, 4) is 5.88 Å². The van der Waals surface area contributed by atoms with Crippen LogP contribution in [0.1, 0.15) is 36.2 Å². The topological polar surface area (TPSA) is 118 Å². The number of hydrogen-bond donors (Lipinski definition) is 3. The zero-order valence-corrected chi connectivity index (χ0v) is 8.97. The van der Waals surface area contributed by atoms with Gasteiger partial charge in [0.25, 0.3) is 5.91 Å². The van der Waals surface area contributed by atoms with Crippen LogP contribution in [0.15, 0.2) is 0 Å². The van der Waals surface area contributed by atoms with Crippen molar-refractivity contribution in [1.29, 1.82) is 0 Å². The molecule has 0 saturated heterocycles. The van der Waals surface area contributed by atoms with Gasteiger partial charge in [0.2, 0.25) is 5.88 Å². The molecule has 1 heterocycles. The summed E-state index contributed by atoms with van der Waals surface area (Å²) in [4.78, 5) is 25.2. The van der Waals surface area contributed by atoms with Crippen molar-refractivity contribution >= 4 is 11.9 Å². The highest BCUT2D eigenvalue weighted by Crippen LogP contribution is 2.24. The zero-order chi connectivity index (χ0) is 12.5. The van der Waals surface area contributed by atoms with Gasteiger partial charge in [-0.1, -0.05) is 0 Å². The second-order valence-corrected chi connectivity index (χ2v) is 3.60. The van der Waals surface area contributed by atoms with Gasteiger partial charge in [0, 0.05) is 6.04 Å². The van der Waals surface area contributed by atoms with Gasteiger partial charge < -0.3 is 15.9 Å². The maximum atomic E-state index is 10.9. The van der Waals surface area contributed by atoms with Gasteiger partial charge in [-0.3, -0.25) is 14.2 Å². The number of primary amides is 1. The molecule has 0 spiro atoms. The number of aromatic nitrogens is 2. The average molecular weight is 227 g/mol. The predicted molar refractivity (Wildman–Crippen MR) is 54.1 cm³/mol. The van der Waals surface area contributed by atoms with Gasteiger partial charge in [-0.15, -0.1) is 0 Å². The molecule has 1 rings (SSSR count). The minimum Gasteiger partial charge on any atom is -0.493 e. The van der Waals surface area contributed by atoms with Gasteiger partial charge in [-0.2, -0.15) is 0 Å². The average Bonchev–Trinajstić information content (AvgIpc) is 2.41. The van der Waals surface area contributed by atoms with E-state index in [2.05, 4.69) is 4.98 Å². The summed E-state index contributed by atoms with van der Waals surface area (Å²) in [6.07, 6.45) is -0.376. The van der Waals surface area contributed by atoms with E-state index in [4.69, 9.17) is 10.8 Å². The van der Waals surface area contributed by atoms with Crippen molar-refractivity contribution in [1.82, 2.24) is 9.55 Å². The smallest absolute Gasteiger partial charge is 0.311 e. The minimum absolute atomic E-state index is 0.105. The normalized spacial score (nSPS) is 10.7. The Morgan fingerprint density at radius 2 is 2.06 bits per heavy atom. The fourth-order valence-electron chi connectivity index (χ4n) is 1.44. The Kier molecular flexibility index (Phi) is 3.17. The van der Waals surface area contributed by atoms with Crippen molar-refractivity contribution in [2.75, 3.05) is 0 Å². The third kappa shape index (κ3) is 2.13. The van der Waals surface area contributed by atoms with E-state index in [0.717, 1.165) is 0 Å². The van der Waals surface area contributed by atoms with E-state index >= 15 is 0 Å². The summed E-state index contributed by atoms with van der Waals surface area (Å²) in [5, 5.41) is 18.3. The molecule has 0 saturated carbocycles. The molecule has 0 radical (unpaired) electrons. The molecule has 0 aromatic carbocycles. The molecule has 7 heteroatoms. The quantitative estimate of drug-likeness (QED) is 0.663. The molecular weight excluding hydrogens is 214 g/mol. The molecule has 0 bridgehead atoms. The number of rotatable bonds is 4. The maximum Gasteiger partial charge on any atom is 0.311 e. The summed E-state index contributed by atoms with van der Waals surface area (Å²) < 4.78 is 1.27. The maximum absolute atomic E-state index is 10.9. The third-order valence-electron chi connectivity index (χ3n) is 2.02. The van der Waals surface area contributed by atoms with Crippen molar-refractivity contribution in [2.45, 2.75) is 26.3 Å². The predicted octanol–water partition coefficient (Wildman–Crippen LogP) is -0.104. The van der Waals surface area contributed by atoms with Crippen LogP contribution in [0.25, 0.3) is 0 Å². The van der Waals surface area contributed by atoms with E-state index < -0.39 is 17.8 Å². The van der Waals surface area contributed by atoms with Gasteiger partial charge in [-0.05, 0) is 13.8 Å². The Balaban J connectivity index is 3.30. The molecule has 1 aromatic heterocycles. The standard InChI is InChI=1S/C9H13N3O4/c1-4(2)12-5(3-6(13)14)11-7(8(10)15)9(12)16/h4,16H,3H2,1-2H3,(H2,10,15)(H,13,14). The molecule has 0 unspecified atom stereocenters. The van der Waals surface area contributed by atoms with Crippen LogP contribution < -0.4 is 5.73 Å². The second-order valence-electron chi connectivity index (χ2n) is 3.60. The Hall–Kier alpha value is -2.05. The first-order chi connectivity index (χ1) is 7.34.